The summed E-state index contributed by atoms with van der Waals surface area (Å²) in [5, 5.41) is 3.31. The molecular weight excluding hydrogens is 264 g/mol. The molecule has 1 unspecified atom stereocenters. The standard InChI is InChI=1S/C15H19F2NO2/c1-2-18-14(13-8-3-4-9-19-13)11-6-5-7-12(10-11)20-15(16)17/h5-8,10,14-15,18H,2-4,9H2,1H3. The minimum absolute atomic E-state index is 0.124. The minimum atomic E-state index is -2.81. The summed E-state index contributed by atoms with van der Waals surface area (Å²) in [6, 6.07) is 6.61. The number of halogens is 2. The highest BCUT2D eigenvalue weighted by Gasteiger charge is 2.19. The number of hydrogen-bond acceptors (Lipinski definition) is 3. The van der Waals surface area contributed by atoms with E-state index in [1.165, 1.54) is 6.07 Å². The third-order valence-corrected chi connectivity index (χ3v) is 3.07. The summed E-state index contributed by atoms with van der Waals surface area (Å²) in [7, 11) is 0. The summed E-state index contributed by atoms with van der Waals surface area (Å²) in [6.07, 6.45) is 4.04. The molecule has 20 heavy (non-hydrogen) atoms. The molecule has 0 bridgehead atoms. The lowest BCUT2D eigenvalue weighted by Gasteiger charge is -2.25. The van der Waals surface area contributed by atoms with Crippen molar-refractivity contribution in [3.05, 3.63) is 41.7 Å². The predicted octanol–water partition coefficient (Wildman–Crippen LogP) is 3.63. The third-order valence-electron chi connectivity index (χ3n) is 3.07. The predicted molar refractivity (Wildman–Crippen MR) is 72.8 cm³/mol. The van der Waals surface area contributed by atoms with Crippen molar-refractivity contribution in [1.29, 1.82) is 0 Å². The number of alkyl halides is 2. The van der Waals surface area contributed by atoms with Crippen LogP contribution in [0.25, 0.3) is 0 Å². The Kier molecular flexibility index (Phi) is 5.35. The van der Waals surface area contributed by atoms with Crippen LogP contribution in [0.2, 0.25) is 0 Å². The molecule has 1 aliphatic rings. The minimum Gasteiger partial charge on any atom is -0.496 e. The molecule has 0 saturated heterocycles. The second-order valence-electron chi connectivity index (χ2n) is 4.54. The Morgan fingerprint density at radius 3 is 2.90 bits per heavy atom. The molecule has 1 heterocycles. The first-order valence-electron chi connectivity index (χ1n) is 6.81. The van der Waals surface area contributed by atoms with Gasteiger partial charge in [0.25, 0.3) is 0 Å². The number of ether oxygens (including phenoxy) is 2. The van der Waals surface area contributed by atoms with Gasteiger partial charge in [-0.1, -0.05) is 19.1 Å². The van der Waals surface area contributed by atoms with Gasteiger partial charge in [0.2, 0.25) is 0 Å². The maximum Gasteiger partial charge on any atom is 0.387 e. The second kappa shape index (κ2) is 7.24. The molecule has 0 radical (unpaired) electrons. The third kappa shape index (κ3) is 3.93. The molecule has 1 aromatic carbocycles. The van der Waals surface area contributed by atoms with Gasteiger partial charge in [0.05, 0.1) is 12.6 Å². The first-order valence-corrected chi connectivity index (χ1v) is 6.81. The normalized spacial score (nSPS) is 16.5. The summed E-state index contributed by atoms with van der Waals surface area (Å²) < 4.78 is 34.7. The van der Waals surface area contributed by atoms with Gasteiger partial charge in [-0.25, -0.2) is 0 Å². The Morgan fingerprint density at radius 1 is 1.40 bits per heavy atom. The summed E-state index contributed by atoms with van der Waals surface area (Å²) >= 11 is 0. The quantitative estimate of drug-likeness (QED) is 0.864. The molecule has 1 aliphatic heterocycles. The van der Waals surface area contributed by atoms with Crippen molar-refractivity contribution in [2.45, 2.75) is 32.4 Å². The zero-order valence-corrected chi connectivity index (χ0v) is 11.4. The topological polar surface area (TPSA) is 30.5 Å². The Bertz CT molecular complexity index is 463. The van der Waals surface area contributed by atoms with Gasteiger partial charge < -0.3 is 14.8 Å². The van der Waals surface area contributed by atoms with Gasteiger partial charge in [0, 0.05) is 0 Å². The Morgan fingerprint density at radius 2 is 2.25 bits per heavy atom. The largest absolute Gasteiger partial charge is 0.496 e. The number of allylic oxidation sites excluding steroid dienone is 1. The van der Waals surface area contributed by atoms with E-state index in [2.05, 4.69) is 16.1 Å². The lowest BCUT2D eigenvalue weighted by atomic mass is 10.0. The van der Waals surface area contributed by atoms with Crippen molar-refractivity contribution in [3.8, 4) is 5.75 Å². The van der Waals surface area contributed by atoms with Crippen molar-refractivity contribution < 1.29 is 18.3 Å². The van der Waals surface area contributed by atoms with E-state index in [9.17, 15) is 8.78 Å². The Balaban J connectivity index is 2.22. The van der Waals surface area contributed by atoms with E-state index in [4.69, 9.17) is 4.74 Å². The van der Waals surface area contributed by atoms with Crippen LogP contribution in [0.15, 0.2) is 36.1 Å². The van der Waals surface area contributed by atoms with Crippen molar-refractivity contribution in [1.82, 2.24) is 5.32 Å². The van der Waals surface area contributed by atoms with E-state index >= 15 is 0 Å². The highest BCUT2D eigenvalue weighted by atomic mass is 19.3. The zero-order chi connectivity index (χ0) is 14.4. The van der Waals surface area contributed by atoms with Crippen molar-refractivity contribution in [3.63, 3.8) is 0 Å². The molecule has 0 aromatic heterocycles. The fraction of sp³-hybridized carbons (Fsp3) is 0.467. The van der Waals surface area contributed by atoms with Gasteiger partial charge in [-0.05, 0) is 43.2 Å². The summed E-state index contributed by atoms with van der Waals surface area (Å²) in [4.78, 5) is 0. The highest BCUT2D eigenvalue weighted by Crippen LogP contribution is 2.28. The molecule has 110 valence electrons. The number of likely N-dealkylation sites (N-methyl/N-ethyl adjacent to an activating group) is 1. The molecule has 3 nitrogen and oxygen atoms in total. The smallest absolute Gasteiger partial charge is 0.387 e. The average Bonchev–Trinajstić information content (AvgIpc) is 2.45. The van der Waals surface area contributed by atoms with Gasteiger partial charge in [-0.3, -0.25) is 0 Å². The average molecular weight is 283 g/mol. The highest BCUT2D eigenvalue weighted by molar-refractivity contribution is 5.34. The van der Waals surface area contributed by atoms with Crippen LogP contribution in [-0.4, -0.2) is 19.8 Å². The number of hydrogen-bond donors (Lipinski definition) is 1. The summed E-state index contributed by atoms with van der Waals surface area (Å²) in [5.74, 6) is 1.02. The maximum absolute atomic E-state index is 12.3. The number of benzene rings is 1. The molecule has 0 aliphatic carbocycles. The molecule has 1 atom stereocenters. The van der Waals surface area contributed by atoms with Crippen LogP contribution in [0.3, 0.4) is 0 Å². The van der Waals surface area contributed by atoms with E-state index in [1.807, 2.05) is 13.0 Å². The monoisotopic (exact) mass is 283 g/mol. The molecule has 0 fully saturated rings. The van der Waals surface area contributed by atoms with E-state index in [0.29, 0.717) is 6.61 Å². The molecule has 0 amide bonds. The van der Waals surface area contributed by atoms with Crippen LogP contribution in [0.1, 0.15) is 31.4 Å². The second-order valence-corrected chi connectivity index (χ2v) is 4.54. The van der Waals surface area contributed by atoms with E-state index < -0.39 is 6.61 Å². The van der Waals surface area contributed by atoms with Crippen molar-refractivity contribution >= 4 is 0 Å². The van der Waals surface area contributed by atoms with E-state index in [-0.39, 0.29) is 11.8 Å². The lowest BCUT2D eigenvalue weighted by Crippen LogP contribution is -2.25. The van der Waals surface area contributed by atoms with Crippen LogP contribution in [0.4, 0.5) is 8.78 Å². The van der Waals surface area contributed by atoms with Gasteiger partial charge in [0.1, 0.15) is 11.5 Å². The van der Waals surface area contributed by atoms with Crippen LogP contribution >= 0.6 is 0 Å². The lowest BCUT2D eigenvalue weighted by molar-refractivity contribution is -0.0499. The van der Waals surface area contributed by atoms with Crippen LogP contribution < -0.4 is 10.1 Å². The van der Waals surface area contributed by atoms with Gasteiger partial charge in [-0.15, -0.1) is 0 Å². The molecule has 1 N–H and O–H groups in total. The molecule has 5 heteroatoms. The van der Waals surface area contributed by atoms with E-state index in [1.54, 1.807) is 12.1 Å². The number of rotatable bonds is 6. The molecule has 0 spiro atoms. The van der Waals surface area contributed by atoms with Crippen molar-refractivity contribution in [2.24, 2.45) is 0 Å². The molecular formula is C15H19F2NO2. The first-order chi connectivity index (χ1) is 9.70. The van der Waals surface area contributed by atoms with Crippen LogP contribution in [-0.2, 0) is 4.74 Å². The maximum atomic E-state index is 12.3. The Hall–Kier alpha value is -1.62. The fourth-order valence-electron chi connectivity index (χ4n) is 2.23. The van der Waals surface area contributed by atoms with E-state index in [0.717, 1.165) is 30.7 Å². The van der Waals surface area contributed by atoms with Crippen LogP contribution in [0.5, 0.6) is 5.75 Å². The molecule has 2 rings (SSSR count). The molecule has 0 saturated carbocycles. The SMILES string of the molecule is CCNC(C1=CCCCO1)c1cccc(OC(F)F)c1. The summed E-state index contributed by atoms with van der Waals surface area (Å²) in [5.41, 5.74) is 0.859. The Labute approximate surface area is 117 Å². The fourth-order valence-corrected chi connectivity index (χ4v) is 2.23. The molecule has 1 aromatic rings. The van der Waals surface area contributed by atoms with Crippen LogP contribution in [0, 0.1) is 0 Å². The zero-order valence-electron chi connectivity index (χ0n) is 11.4. The van der Waals surface area contributed by atoms with Gasteiger partial charge in [0.15, 0.2) is 0 Å². The first kappa shape index (κ1) is 14.8. The van der Waals surface area contributed by atoms with Gasteiger partial charge >= 0.3 is 6.61 Å². The van der Waals surface area contributed by atoms with Crippen molar-refractivity contribution in [2.75, 3.05) is 13.2 Å². The van der Waals surface area contributed by atoms with Gasteiger partial charge in [-0.2, -0.15) is 8.78 Å². The number of nitrogens with one attached hydrogen (secondary N) is 1. The summed E-state index contributed by atoms with van der Waals surface area (Å²) in [6.45, 7) is 0.635.